The fourth-order valence-electron chi connectivity index (χ4n) is 1.81. The van der Waals surface area contributed by atoms with Gasteiger partial charge in [-0.15, -0.1) is 0 Å². The minimum Gasteiger partial charge on any atom is -0.381 e. The molecule has 2 aromatic rings. The fraction of sp³-hybridized carbons (Fsp3) is 0.250. The molecule has 0 saturated carbocycles. The molecule has 0 atom stereocenters. The standard InChI is InChI=1S/C16H18BrN/c1-12(2)14-4-3-5-16(10-14)18-11-13-6-8-15(17)9-7-13/h3-10,12,18H,11H2,1-2H3. The highest BCUT2D eigenvalue weighted by atomic mass is 79.9. The molecule has 0 aliphatic carbocycles. The van der Waals surface area contributed by atoms with Crippen LogP contribution in [0.4, 0.5) is 5.69 Å². The third-order valence-electron chi connectivity index (χ3n) is 2.96. The van der Waals surface area contributed by atoms with Crippen LogP contribution in [0.25, 0.3) is 0 Å². The third kappa shape index (κ3) is 3.61. The van der Waals surface area contributed by atoms with Crippen molar-refractivity contribution in [3.05, 3.63) is 64.1 Å². The molecule has 0 aliphatic rings. The van der Waals surface area contributed by atoms with Crippen LogP contribution < -0.4 is 5.32 Å². The normalized spacial score (nSPS) is 10.7. The van der Waals surface area contributed by atoms with Crippen molar-refractivity contribution in [3.63, 3.8) is 0 Å². The van der Waals surface area contributed by atoms with E-state index in [2.05, 4.69) is 83.6 Å². The van der Waals surface area contributed by atoms with Crippen LogP contribution in [0.15, 0.2) is 53.0 Å². The van der Waals surface area contributed by atoms with Gasteiger partial charge in [0.1, 0.15) is 0 Å². The average Bonchev–Trinajstić information content (AvgIpc) is 2.38. The van der Waals surface area contributed by atoms with Gasteiger partial charge in [0.25, 0.3) is 0 Å². The number of rotatable bonds is 4. The van der Waals surface area contributed by atoms with Gasteiger partial charge in [-0.25, -0.2) is 0 Å². The summed E-state index contributed by atoms with van der Waals surface area (Å²) in [7, 11) is 0. The summed E-state index contributed by atoms with van der Waals surface area (Å²) in [5, 5.41) is 3.46. The van der Waals surface area contributed by atoms with E-state index in [0.29, 0.717) is 5.92 Å². The summed E-state index contributed by atoms with van der Waals surface area (Å²) in [5.41, 5.74) is 3.84. The molecule has 18 heavy (non-hydrogen) atoms. The first-order valence-electron chi connectivity index (χ1n) is 6.23. The van der Waals surface area contributed by atoms with Crippen molar-refractivity contribution >= 4 is 21.6 Å². The smallest absolute Gasteiger partial charge is 0.0400 e. The lowest BCUT2D eigenvalue weighted by Gasteiger charge is -2.10. The van der Waals surface area contributed by atoms with E-state index in [1.54, 1.807) is 0 Å². The van der Waals surface area contributed by atoms with E-state index in [0.717, 1.165) is 11.0 Å². The van der Waals surface area contributed by atoms with Gasteiger partial charge >= 0.3 is 0 Å². The number of anilines is 1. The van der Waals surface area contributed by atoms with Crippen LogP contribution in [0, 0.1) is 0 Å². The molecule has 0 bridgehead atoms. The topological polar surface area (TPSA) is 12.0 Å². The van der Waals surface area contributed by atoms with Crippen LogP contribution in [0.5, 0.6) is 0 Å². The largest absolute Gasteiger partial charge is 0.381 e. The summed E-state index contributed by atoms with van der Waals surface area (Å²) in [6.07, 6.45) is 0. The molecule has 2 aromatic carbocycles. The lowest BCUT2D eigenvalue weighted by atomic mass is 10.0. The second-order valence-electron chi connectivity index (χ2n) is 4.76. The molecule has 1 nitrogen and oxygen atoms in total. The Balaban J connectivity index is 2.01. The van der Waals surface area contributed by atoms with Crippen molar-refractivity contribution in [2.24, 2.45) is 0 Å². The van der Waals surface area contributed by atoms with Gasteiger partial charge in [0.05, 0.1) is 0 Å². The fourth-order valence-corrected chi connectivity index (χ4v) is 2.08. The van der Waals surface area contributed by atoms with Crippen LogP contribution in [-0.4, -0.2) is 0 Å². The van der Waals surface area contributed by atoms with Crippen molar-refractivity contribution < 1.29 is 0 Å². The van der Waals surface area contributed by atoms with E-state index in [9.17, 15) is 0 Å². The summed E-state index contributed by atoms with van der Waals surface area (Å²) in [4.78, 5) is 0. The van der Waals surface area contributed by atoms with Gasteiger partial charge in [-0.2, -0.15) is 0 Å². The summed E-state index contributed by atoms with van der Waals surface area (Å²) >= 11 is 3.45. The van der Waals surface area contributed by atoms with Gasteiger partial charge in [0.2, 0.25) is 0 Å². The lowest BCUT2D eigenvalue weighted by molar-refractivity contribution is 0.866. The summed E-state index contributed by atoms with van der Waals surface area (Å²) < 4.78 is 1.12. The van der Waals surface area contributed by atoms with Crippen LogP contribution in [0.2, 0.25) is 0 Å². The Kier molecular flexibility index (Phi) is 4.43. The second kappa shape index (κ2) is 6.05. The van der Waals surface area contributed by atoms with E-state index in [1.807, 2.05) is 0 Å². The van der Waals surface area contributed by atoms with Crippen molar-refractivity contribution in [2.45, 2.75) is 26.3 Å². The van der Waals surface area contributed by atoms with Crippen LogP contribution in [0.3, 0.4) is 0 Å². The Morgan fingerprint density at radius 3 is 2.44 bits per heavy atom. The molecule has 0 amide bonds. The third-order valence-corrected chi connectivity index (χ3v) is 3.49. The first-order valence-corrected chi connectivity index (χ1v) is 7.03. The highest BCUT2D eigenvalue weighted by Gasteiger charge is 2.00. The van der Waals surface area contributed by atoms with Crippen molar-refractivity contribution in [1.82, 2.24) is 0 Å². The molecule has 0 fully saturated rings. The molecule has 94 valence electrons. The number of hydrogen-bond donors (Lipinski definition) is 1. The molecule has 0 radical (unpaired) electrons. The predicted octanol–water partition coefficient (Wildman–Crippen LogP) is 5.18. The number of nitrogens with one attached hydrogen (secondary N) is 1. The molecule has 0 saturated heterocycles. The average molecular weight is 304 g/mol. The molecule has 1 N–H and O–H groups in total. The number of halogens is 1. The Labute approximate surface area is 117 Å². The zero-order valence-corrected chi connectivity index (χ0v) is 12.4. The molecular formula is C16H18BrN. The summed E-state index contributed by atoms with van der Waals surface area (Å²) in [5.74, 6) is 0.569. The molecule has 0 heterocycles. The molecular weight excluding hydrogens is 286 g/mol. The maximum absolute atomic E-state index is 3.46. The molecule has 0 unspecified atom stereocenters. The van der Waals surface area contributed by atoms with E-state index in [4.69, 9.17) is 0 Å². The van der Waals surface area contributed by atoms with E-state index < -0.39 is 0 Å². The maximum Gasteiger partial charge on any atom is 0.0400 e. The first kappa shape index (κ1) is 13.2. The first-order chi connectivity index (χ1) is 8.65. The lowest BCUT2D eigenvalue weighted by Crippen LogP contribution is -2.00. The van der Waals surface area contributed by atoms with E-state index in [-0.39, 0.29) is 0 Å². The summed E-state index contributed by atoms with van der Waals surface area (Å²) in [6, 6.07) is 17.0. The van der Waals surface area contributed by atoms with Gasteiger partial charge in [-0.3, -0.25) is 0 Å². The maximum atomic E-state index is 3.46. The molecule has 2 rings (SSSR count). The highest BCUT2D eigenvalue weighted by molar-refractivity contribution is 9.10. The highest BCUT2D eigenvalue weighted by Crippen LogP contribution is 2.19. The Morgan fingerprint density at radius 2 is 1.78 bits per heavy atom. The van der Waals surface area contributed by atoms with Gasteiger partial charge in [0.15, 0.2) is 0 Å². The molecule has 0 spiro atoms. The number of benzene rings is 2. The molecule has 0 aromatic heterocycles. The molecule has 2 heteroatoms. The Morgan fingerprint density at radius 1 is 1.06 bits per heavy atom. The van der Waals surface area contributed by atoms with E-state index >= 15 is 0 Å². The zero-order valence-electron chi connectivity index (χ0n) is 10.8. The van der Waals surface area contributed by atoms with Gasteiger partial charge in [-0.1, -0.05) is 54.0 Å². The number of hydrogen-bond acceptors (Lipinski definition) is 1. The van der Waals surface area contributed by atoms with Crippen molar-refractivity contribution in [1.29, 1.82) is 0 Å². The monoisotopic (exact) mass is 303 g/mol. The predicted molar refractivity (Wildman–Crippen MR) is 82.0 cm³/mol. The SMILES string of the molecule is CC(C)c1cccc(NCc2ccc(Br)cc2)c1. The van der Waals surface area contributed by atoms with Gasteiger partial charge < -0.3 is 5.32 Å². The van der Waals surface area contributed by atoms with Crippen molar-refractivity contribution in [2.75, 3.05) is 5.32 Å². The zero-order chi connectivity index (χ0) is 13.0. The Hall–Kier alpha value is -1.28. The van der Waals surface area contributed by atoms with Gasteiger partial charge in [0, 0.05) is 16.7 Å². The quantitative estimate of drug-likeness (QED) is 0.820. The van der Waals surface area contributed by atoms with Crippen LogP contribution in [-0.2, 0) is 6.54 Å². The van der Waals surface area contributed by atoms with Gasteiger partial charge in [-0.05, 0) is 41.3 Å². The minimum atomic E-state index is 0.569. The summed E-state index contributed by atoms with van der Waals surface area (Å²) in [6.45, 7) is 5.29. The van der Waals surface area contributed by atoms with Crippen LogP contribution >= 0.6 is 15.9 Å². The minimum absolute atomic E-state index is 0.569. The second-order valence-corrected chi connectivity index (χ2v) is 5.68. The molecule has 0 aliphatic heterocycles. The Bertz CT molecular complexity index is 503. The van der Waals surface area contributed by atoms with Crippen molar-refractivity contribution in [3.8, 4) is 0 Å². The van der Waals surface area contributed by atoms with E-state index in [1.165, 1.54) is 16.8 Å². The van der Waals surface area contributed by atoms with Crippen LogP contribution in [0.1, 0.15) is 30.9 Å².